The minimum atomic E-state index is -0.666. The van der Waals surface area contributed by atoms with Crippen molar-refractivity contribution in [2.45, 2.75) is 121 Å². The van der Waals surface area contributed by atoms with E-state index in [9.17, 15) is 14.7 Å². The van der Waals surface area contributed by atoms with Crippen LogP contribution in [-0.4, -0.2) is 63.3 Å². The number of amides is 2. The number of nitrogens with zero attached hydrogens (tertiary/aromatic N) is 2. The molecule has 2 amide bonds. The van der Waals surface area contributed by atoms with Gasteiger partial charge in [-0.1, -0.05) is 38.5 Å². The van der Waals surface area contributed by atoms with Gasteiger partial charge in [0.1, 0.15) is 11.6 Å². The van der Waals surface area contributed by atoms with Gasteiger partial charge in [0.05, 0.1) is 12.6 Å². The molecule has 0 bridgehead atoms. The third kappa shape index (κ3) is 5.19. The molecule has 1 heterocycles. The summed E-state index contributed by atoms with van der Waals surface area (Å²) in [6.07, 6.45) is 10.6. The van der Waals surface area contributed by atoms with Crippen LogP contribution in [0.4, 0.5) is 4.79 Å². The molecule has 0 aromatic carbocycles. The van der Waals surface area contributed by atoms with Crippen molar-refractivity contribution in [2.24, 2.45) is 0 Å². The van der Waals surface area contributed by atoms with Gasteiger partial charge in [-0.15, -0.1) is 0 Å². The van der Waals surface area contributed by atoms with Crippen LogP contribution in [0.3, 0.4) is 0 Å². The lowest BCUT2D eigenvalue weighted by Crippen LogP contribution is -2.56. The summed E-state index contributed by atoms with van der Waals surface area (Å²) in [5.74, 6) is 0.0289. The van der Waals surface area contributed by atoms with Crippen LogP contribution in [0.1, 0.15) is 91.4 Å². The van der Waals surface area contributed by atoms with E-state index in [-0.39, 0.29) is 24.5 Å². The molecule has 0 aromatic rings. The van der Waals surface area contributed by atoms with Crippen molar-refractivity contribution in [3.8, 4) is 0 Å². The highest BCUT2D eigenvalue weighted by molar-refractivity contribution is 5.87. The van der Waals surface area contributed by atoms with E-state index in [1.165, 1.54) is 43.4 Å². The average molecular weight is 395 g/mol. The van der Waals surface area contributed by atoms with Gasteiger partial charge in [0.2, 0.25) is 5.91 Å². The average Bonchev–Trinajstić information content (AvgIpc) is 3.04. The van der Waals surface area contributed by atoms with Gasteiger partial charge in [0, 0.05) is 18.5 Å². The Kier molecular flexibility index (Phi) is 6.89. The quantitative estimate of drug-likeness (QED) is 0.789. The fraction of sp³-hybridized carbons (Fsp3) is 0.909. The van der Waals surface area contributed by atoms with Crippen LogP contribution in [0, 0.1) is 0 Å². The fourth-order valence-electron chi connectivity index (χ4n) is 5.12. The molecule has 3 rings (SSSR count). The molecule has 1 saturated heterocycles. The van der Waals surface area contributed by atoms with Gasteiger partial charge in [-0.3, -0.25) is 9.69 Å². The van der Waals surface area contributed by atoms with E-state index in [1.807, 2.05) is 20.8 Å². The van der Waals surface area contributed by atoms with Crippen molar-refractivity contribution in [3.63, 3.8) is 0 Å². The molecule has 0 radical (unpaired) electrons. The molecular weight excluding hydrogens is 356 g/mol. The maximum absolute atomic E-state index is 13.7. The van der Waals surface area contributed by atoms with Crippen molar-refractivity contribution in [1.29, 1.82) is 0 Å². The van der Waals surface area contributed by atoms with Gasteiger partial charge < -0.3 is 14.7 Å². The first-order valence-corrected chi connectivity index (χ1v) is 11.3. The number of hydrogen-bond acceptors (Lipinski definition) is 4. The molecule has 2 saturated carbocycles. The summed E-state index contributed by atoms with van der Waals surface area (Å²) >= 11 is 0. The van der Waals surface area contributed by atoms with E-state index in [4.69, 9.17) is 4.74 Å². The normalized spacial score (nSPS) is 27.6. The zero-order valence-corrected chi connectivity index (χ0v) is 17.9. The molecule has 2 unspecified atom stereocenters. The van der Waals surface area contributed by atoms with E-state index in [2.05, 4.69) is 4.90 Å². The number of aliphatic hydroxyl groups is 1. The van der Waals surface area contributed by atoms with Crippen LogP contribution in [0.25, 0.3) is 0 Å². The summed E-state index contributed by atoms with van der Waals surface area (Å²) in [6.45, 7) is 5.65. The summed E-state index contributed by atoms with van der Waals surface area (Å²) in [6, 6.07) is -0.0427. The molecule has 1 N–H and O–H groups in total. The van der Waals surface area contributed by atoms with Crippen LogP contribution >= 0.6 is 0 Å². The Hall–Kier alpha value is -1.30. The van der Waals surface area contributed by atoms with E-state index >= 15 is 0 Å². The van der Waals surface area contributed by atoms with Crippen LogP contribution in [-0.2, 0) is 9.53 Å². The highest BCUT2D eigenvalue weighted by Gasteiger charge is 2.45. The largest absolute Gasteiger partial charge is 0.444 e. The lowest BCUT2D eigenvalue weighted by Gasteiger charge is -2.43. The van der Waals surface area contributed by atoms with Gasteiger partial charge in [-0.2, -0.15) is 0 Å². The van der Waals surface area contributed by atoms with Crippen molar-refractivity contribution in [1.82, 2.24) is 9.80 Å². The number of carbonyl (C=O) groups is 2. The number of carbonyl (C=O) groups excluding carboxylic acids is 2. The van der Waals surface area contributed by atoms with E-state index in [0.29, 0.717) is 6.42 Å². The highest BCUT2D eigenvalue weighted by Crippen LogP contribution is 2.33. The topological polar surface area (TPSA) is 70.1 Å². The maximum atomic E-state index is 13.7. The Morgan fingerprint density at radius 2 is 1.43 bits per heavy atom. The molecule has 3 aliphatic rings. The third-order valence-electron chi connectivity index (χ3n) is 6.38. The Balaban J connectivity index is 1.79. The first-order chi connectivity index (χ1) is 13.3. The van der Waals surface area contributed by atoms with Gasteiger partial charge in [0.15, 0.2) is 0 Å². The summed E-state index contributed by atoms with van der Waals surface area (Å²) in [7, 11) is 0. The molecule has 28 heavy (non-hydrogen) atoms. The Bertz CT molecular complexity index is 529. The summed E-state index contributed by atoms with van der Waals surface area (Å²) in [5.41, 5.74) is -0.620. The summed E-state index contributed by atoms with van der Waals surface area (Å²) in [5, 5.41) is 10.2. The summed E-state index contributed by atoms with van der Waals surface area (Å²) in [4.78, 5) is 30.1. The number of aliphatic hydroxyl groups excluding tert-OH is 1. The molecule has 0 aromatic heterocycles. The van der Waals surface area contributed by atoms with E-state index in [0.717, 1.165) is 25.7 Å². The molecule has 6 heteroatoms. The molecule has 2 atom stereocenters. The predicted octanol–water partition coefficient (Wildman–Crippen LogP) is 3.85. The lowest BCUT2D eigenvalue weighted by molar-refractivity contribution is -0.143. The lowest BCUT2D eigenvalue weighted by atomic mass is 9.88. The molecule has 0 spiro atoms. The zero-order valence-electron chi connectivity index (χ0n) is 17.9. The minimum absolute atomic E-state index is 0.0289. The second-order valence-electron chi connectivity index (χ2n) is 9.87. The van der Waals surface area contributed by atoms with Crippen molar-refractivity contribution in [3.05, 3.63) is 0 Å². The molecule has 6 nitrogen and oxygen atoms in total. The van der Waals surface area contributed by atoms with Crippen LogP contribution in [0.15, 0.2) is 0 Å². The molecule has 3 fully saturated rings. The monoisotopic (exact) mass is 394 g/mol. The maximum Gasteiger partial charge on any atom is 0.411 e. The van der Waals surface area contributed by atoms with Gasteiger partial charge in [0.25, 0.3) is 0 Å². The number of likely N-dealkylation sites (tertiary alicyclic amines) is 1. The smallest absolute Gasteiger partial charge is 0.411 e. The molecular formula is C22H38N2O4. The number of β-amino-alcohol motifs (C(OH)–C–C–N with tert-alkyl or cyclic N) is 1. The Labute approximate surface area is 169 Å². The van der Waals surface area contributed by atoms with E-state index in [1.54, 1.807) is 0 Å². The number of ether oxygens (including phenoxy) is 1. The molecule has 160 valence electrons. The minimum Gasteiger partial charge on any atom is -0.444 e. The van der Waals surface area contributed by atoms with Crippen molar-refractivity contribution < 1.29 is 19.4 Å². The number of hydrogen-bond donors (Lipinski definition) is 1. The first-order valence-electron chi connectivity index (χ1n) is 11.3. The van der Waals surface area contributed by atoms with Gasteiger partial charge >= 0.3 is 6.09 Å². The standard InChI is InChI=1S/C22H38N2O4/c1-22(2,3)28-21(27)23-15-18(25)14-19(23)20(26)24(16-10-6-4-7-11-16)17-12-8-5-9-13-17/h16-19,25H,4-15H2,1-3H3. The third-order valence-corrected chi connectivity index (χ3v) is 6.38. The number of rotatable bonds is 3. The van der Waals surface area contributed by atoms with Gasteiger partial charge in [-0.25, -0.2) is 4.79 Å². The van der Waals surface area contributed by atoms with Gasteiger partial charge in [-0.05, 0) is 46.5 Å². The summed E-state index contributed by atoms with van der Waals surface area (Å²) < 4.78 is 5.53. The van der Waals surface area contributed by atoms with Crippen molar-refractivity contribution >= 4 is 12.0 Å². The van der Waals surface area contributed by atoms with Crippen LogP contribution in [0.2, 0.25) is 0 Å². The Morgan fingerprint density at radius 1 is 0.929 bits per heavy atom. The molecule has 2 aliphatic carbocycles. The zero-order chi connectivity index (χ0) is 20.3. The first kappa shape index (κ1) is 21.4. The second kappa shape index (κ2) is 9.02. The predicted molar refractivity (Wildman–Crippen MR) is 108 cm³/mol. The van der Waals surface area contributed by atoms with E-state index < -0.39 is 23.8 Å². The SMILES string of the molecule is CC(C)(C)OC(=O)N1CC(O)CC1C(=O)N(C1CCCCC1)C1CCCCC1. The highest BCUT2D eigenvalue weighted by atomic mass is 16.6. The van der Waals surface area contributed by atoms with Crippen molar-refractivity contribution in [2.75, 3.05) is 6.54 Å². The molecule has 1 aliphatic heterocycles. The fourth-order valence-corrected chi connectivity index (χ4v) is 5.12. The van der Waals surface area contributed by atoms with Crippen LogP contribution < -0.4 is 0 Å². The second-order valence-corrected chi connectivity index (χ2v) is 9.87. The Morgan fingerprint density at radius 3 is 1.89 bits per heavy atom. The van der Waals surface area contributed by atoms with Crippen LogP contribution in [0.5, 0.6) is 0 Å².